The topological polar surface area (TPSA) is 64.9 Å². The van der Waals surface area contributed by atoms with Crippen LogP contribution in [0.2, 0.25) is 0 Å². The maximum absolute atomic E-state index is 13.4. The van der Waals surface area contributed by atoms with Crippen LogP contribution < -0.4 is 14.8 Å². The van der Waals surface area contributed by atoms with E-state index in [9.17, 15) is 4.79 Å². The molecule has 5 rings (SSSR count). The van der Waals surface area contributed by atoms with Crippen molar-refractivity contribution in [1.82, 2.24) is 14.7 Å². The largest absolute Gasteiger partial charge is 0.496 e. The van der Waals surface area contributed by atoms with Gasteiger partial charge in [0, 0.05) is 30.3 Å². The molecule has 0 aliphatic carbocycles. The van der Waals surface area contributed by atoms with Crippen LogP contribution in [0.3, 0.4) is 0 Å². The van der Waals surface area contributed by atoms with Gasteiger partial charge in [-0.1, -0.05) is 78.9 Å². The van der Waals surface area contributed by atoms with Crippen molar-refractivity contribution in [3.8, 4) is 11.5 Å². The summed E-state index contributed by atoms with van der Waals surface area (Å²) in [6, 6.07) is 31.6. The van der Waals surface area contributed by atoms with Gasteiger partial charge in [0.15, 0.2) is 11.4 Å². The molecular formula is C32H31N3O3. The molecule has 0 saturated carbocycles. The van der Waals surface area contributed by atoms with Gasteiger partial charge in [-0.15, -0.1) is 0 Å². The number of rotatable bonds is 10. The van der Waals surface area contributed by atoms with Gasteiger partial charge in [0.1, 0.15) is 12.4 Å². The molecule has 0 spiro atoms. The lowest BCUT2D eigenvalue weighted by Gasteiger charge is -2.21. The van der Waals surface area contributed by atoms with Crippen molar-refractivity contribution in [2.75, 3.05) is 7.11 Å². The van der Waals surface area contributed by atoms with Gasteiger partial charge in [-0.2, -0.15) is 0 Å². The minimum atomic E-state index is -0.284. The summed E-state index contributed by atoms with van der Waals surface area (Å²) in [5, 5.41) is 3.16. The summed E-state index contributed by atoms with van der Waals surface area (Å²) in [5.74, 6) is 1.08. The number of methoxy groups -OCH3 is 1. The molecule has 0 aliphatic rings. The third-order valence-electron chi connectivity index (χ3n) is 6.70. The second-order valence-electron chi connectivity index (χ2n) is 9.22. The third kappa shape index (κ3) is 5.54. The van der Waals surface area contributed by atoms with Gasteiger partial charge in [-0.3, -0.25) is 4.79 Å². The van der Waals surface area contributed by atoms with Crippen LogP contribution in [0.4, 0.5) is 0 Å². The van der Waals surface area contributed by atoms with Crippen molar-refractivity contribution < 1.29 is 14.3 Å². The number of carbonyl (C=O) groups excluding carboxylic acids is 1. The molecule has 2 atom stereocenters. The summed E-state index contributed by atoms with van der Waals surface area (Å²) in [6.45, 7) is 2.44. The second kappa shape index (κ2) is 11.6. The van der Waals surface area contributed by atoms with Crippen LogP contribution in [0.15, 0.2) is 109 Å². The van der Waals surface area contributed by atoms with Gasteiger partial charge in [0.2, 0.25) is 5.91 Å². The summed E-state index contributed by atoms with van der Waals surface area (Å²) >= 11 is 0. The smallest absolute Gasteiger partial charge is 0.221 e. The molecule has 1 N–H and O–H groups in total. The van der Waals surface area contributed by atoms with E-state index in [1.54, 1.807) is 7.11 Å². The fourth-order valence-corrected chi connectivity index (χ4v) is 4.75. The van der Waals surface area contributed by atoms with Gasteiger partial charge in [0.05, 0.1) is 18.8 Å². The quantitative estimate of drug-likeness (QED) is 0.241. The number of carbonyl (C=O) groups is 1. The molecule has 0 fully saturated rings. The Morgan fingerprint density at radius 2 is 1.58 bits per heavy atom. The third-order valence-corrected chi connectivity index (χ3v) is 6.70. The summed E-state index contributed by atoms with van der Waals surface area (Å²) in [7, 11) is 1.65. The highest BCUT2D eigenvalue weighted by molar-refractivity contribution is 5.78. The Morgan fingerprint density at radius 3 is 2.34 bits per heavy atom. The standard InChI is InChI=1S/C32H31N3O3/c1-23(25-14-7-4-8-15-25)34-31(36)20-27(26-16-9-10-17-29(26)37-2)28-21-33-32-30(18-11-19-35(28)32)38-22-24-12-5-3-6-13-24/h3-19,21,23,27H,20,22H2,1-2H3,(H,34,36). The number of hydrogen-bond donors (Lipinski definition) is 1. The predicted octanol–water partition coefficient (Wildman–Crippen LogP) is 6.32. The number of imidazole rings is 1. The van der Waals surface area contributed by atoms with Gasteiger partial charge in [0.25, 0.3) is 0 Å². The molecule has 0 aliphatic heterocycles. The number of amides is 1. The van der Waals surface area contributed by atoms with E-state index in [2.05, 4.69) is 5.32 Å². The monoisotopic (exact) mass is 505 g/mol. The predicted molar refractivity (Wildman–Crippen MR) is 148 cm³/mol. The second-order valence-corrected chi connectivity index (χ2v) is 9.22. The number of pyridine rings is 1. The lowest BCUT2D eigenvalue weighted by molar-refractivity contribution is -0.122. The van der Waals surface area contributed by atoms with Gasteiger partial charge >= 0.3 is 0 Å². The number of para-hydroxylation sites is 1. The zero-order chi connectivity index (χ0) is 26.3. The summed E-state index contributed by atoms with van der Waals surface area (Å²) < 4.78 is 13.8. The Balaban J connectivity index is 1.46. The van der Waals surface area contributed by atoms with Crippen LogP contribution in [-0.2, 0) is 11.4 Å². The number of aromatic nitrogens is 2. The number of hydrogen-bond acceptors (Lipinski definition) is 4. The number of nitrogens with one attached hydrogen (secondary N) is 1. The molecule has 192 valence electrons. The maximum atomic E-state index is 13.4. The van der Waals surface area contributed by atoms with E-state index < -0.39 is 0 Å². The highest BCUT2D eigenvalue weighted by Crippen LogP contribution is 2.36. The molecule has 0 saturated heterocycles. The lowest BCUT2D eigenvalue weighted by Crippen LogP contribution is -2.28. The maximum Gasteiger partial charge on any atom is 0.221 e. The van der Waals surface area contributed by atoms with Crippen LogP contribution in [0.5, 0.6) is 11.5 Å². The number of ether oxygens (including phenoxy) is 2. The lowest BCUT2D eigenvalue weighted by atomic mass is 9.91. The van der Waals surface area contributed by atoms with E-state index in [-0.39, 0.29) is 24.3 Å². The molecule has 6 nitrogen and oxygen atoms in total. The zero-order valence-electron chi connectivity index (χ0n) is 21.6. The highest BCUT2D eigenvalue weighted by atomic mass is 16.5. The van der Waals surface area contributed by atoms with Crippen molar-refractivity contribution in [3.05, 3.63) is 132 Å². The van der Waals surface area contributed by atoms with Crippen LogP contribution >= 0.6 is 0 Å². The van der Waals surface area contributed by atoms with Crippen LogP contribution in [0.1, 0.15) is 47.7 Å². The first-order valence-electron chi connectivity index (χ1n) is 12.7. The molecule has 0 radical (unpaired) electrons. The Hall–Kier alpha value is -4.58. The van der Waals surface area contributed by atoms with E-state index in [4.69, 9.17) is 14.5 Å². The molecule has 6 heteroatoms. The minimum Gasteiger partial charge on any atom is -0.496 e. The Kier molecular flexibility index (Phi) is 7.69. The molecule has 3 aromatic carbocycles. The Labute approximate surface area is 222 Å². The van der Waals surface area contributed by atoms with Gasteiger partial charge < -0.3 is 19.2 Å². The van der Waals surface area contributed by atoms with Crippen LogP contribution in [-0.4, -0.2) is 22.4 Å². The van der Waals surface area contributed by atoms with E-state index >= 15 is 0 Å². The SMILES string of the molecule is COc1ccccc1C(CC(=O)NC(C)c1ccccc1)c1cnc2c(OCc3ccccc3)cccn12. The fourth-order valence-electron chi connectivity index (χ4n) is 4.75. The summed E-state index contributed by atoms with van der Waals surface area (Å²) in [6.07, 6.45) is 4.02. The van der Waals surface area contributed by atoms with E-state index in [0.29, 0.717) is 18.0 Å². The van der Waals surface area contributed by atoms with Crippen molar-refractivity contribution in [2.45, 2.75) is 31.9 Å². The normalized spacial score (nSPS) is 12.6. The van der Waals surface area contributed by atoms with E-state index in [0.717, 1.165) is 28.1 Å². The molecule has 38 heavy (non-hydrogen) atoms. The Morgan fingerprint density at radius 1 is 0.895 bits per heavy atom. The van der Waals surface area contributed by atoms with E-state index in [1.165, 1.54) is 0 Å². The van der Waals surface area contributed by atoms with Crippen LogP contribution in [0, 0.1) is 0 Å². The molecule has 5 aromatic rings. The first-order valence-corrected chi connectivity index (χ1v) is 12.7. The average Bonchev–Trinajstić information content (AvgIpc) is 3.40. The van der Waals surface area contributed by atoms with Gasteiger partial charge in [-0.05, 0) is 36.2 Å². The summed E-state index contributed by atoms with van der Waals surface area (Å²) in [5.41, 5.74) is 4.66. The van der Waals surface area contributed by atoms with Crippen molar-refractivity contribution in [1.29, 1.82) is 0 Å². The van der Waals surface area contributed by atoms with Crippen molar-refractivity contribution >= 4 is 11.6 Å². The first-order chi connectivity index (χ1) is 18.6. The van der Waals surface area contributed by atoms with Gasteiger partial charge in [-0.25, -0.2) is 4.98 Å². The van der Waals surface area contributed by atoms with Crippen molar-refractivity contribution in [3.63, 3.8) is 0 Å². The summed E-state index contributed by atoms with van der Waals surface area (Å²) in [4.78, 5) is 18.1. The number of benzene rings is 3. The number of nitrogens with zero attached hydrogens (tertiary/aromatic N) is 2. The first kappa shape index (κ1) is 25.1. The average molecular weight is 506 g/mol. The minimum absolute atomic E-state index is 0.0521. The molecule has 2 heterocycles. The molecular weight excluding hydrogens is 474 g/mol. The highest BCUT2D eigenvalue weighted by Gasteiger charge is 2.26. The Bertz CT molecular complexity index is 1500. The van der Waals surface area contributed by atoms with Crippen LogP contribution in [0.25, 0.3) is 5.65 Å². The molecule has 2 unspecified atom stereocenters. The number of fused-ring (bicyclic) bond motifs is 1. The molecule has 1 amide bonds. The van der Waals surface area contributed by atoms with Crippen molar-refractivity contribution in [2.24, 2.45) is 0 Å². The zero-order valence-corrected chi connectivity index (χ0v) is 21.6. The van der Waals surface area contributed by atoms with E-state index in [1.807, 2.05) is 121 Å². The molecule has 0 bridgehead atoms. The molecule has 2 aromatic heterocycles. The fraction of sp³-hybridized carbons (Fsp3) is 0.188.